The van der Waals surface area contributed by atoms with Crippen molar-refractivity contribution in [3.8, 4) is 0 Å². The Labute approximate surface area is 250 Å². The molecule has 5 N–H and O–H groups in total. The number of nitrogens with zero attached hydrogens (tertiary/aromatic N) is 8. The summed E-state index contributed by atoms with van der Waals surface area (Å²) in [7, 11) is -4.78. The number of anilines is 2. The van der Waals surface area contributed by atoms with Crippen LogP contribution in [0.5, 0.6) is 0 Å². The van der Waals surface area contributed by atoms with Gasteiger partial charge in [-0.25, -0.2) is 47.4 Å². The van der Waals surface area contributed by atoms with E-state index in [9.17, 15) is 13.0 Å². The highest BCUT2D eigenvalue weighted by atomic mass is 32.7. The molecule has 0 unspecified atom stereocenters. The number of fused-ring (bicyclic) bond motifs is 5. The van der Waals surface area contributed by atoms with Crippen LogP contribution in [0, 0.1) is 0 Å². The van der Waals surface area contributed by atoms with E-state index >= 15 is 8.78 Å². The van der Waals surface area contributed by atoms with Crippen LogP contribution in [-0.4, -0.2) is 97.4 Å². The first kappa shape index (κ1) is 29.6. The summed E-state index contributed by atoms with van der Waals surface area (Å²) in [6, 6.07) is 0. The fourth-order valence-electron chi connectivity index (χ4n) is 5.19. The lowest BCUT2D eigenvalue weighted by Gasteiger charge is -2.24. The molecule has 0 radical (unpaired) electrons. The molecular formula is C20H22F2N11O8PS2. The van der Waals surface area contributed by atoms with Gasteiger partial charge >= 0.3 is 17.1 Å². The van der Waals surface area contributed by atoms with Crippen LogP contribution in [0.25, 0.3) is 22.3 Å². The van der Waals surface area contributed by atoms with Gasteiger partial charge in [-0.1, -0.05) is 12.2 Å². The molecule has 19 nitrogen and oxygen atoms in total. The lowest BCUT2D eigenvalue weighted by Crippen LogP contribution is -2.43. The fraction of sp³-hybridized carbons (Fsp3) is 0.500. The number of alkyl halides is 2. The number of rotatable bonds is 2. The van der Waals surface area contributed by atoms with Crippen molar-refractivity contribution in [3.63, 3.8) is 0 Å². The first-order chi connectivity index (χ1) is 20.9. The largest absolute Gasteiger partial charge is 0.386 e. The number of nitrogens with one attached hydrogen (secondary N) is 1. The van der Waals surface area contributed by atoms with Crippen molar-refractivity contribution in [2.24, 2.45) is 0 Å². The molecule has 3 aliphatic rings. The zero-order chi connectivity index (χ0) is 31.0. The zero-order valence-corrected chi connectivity index (χ0v) is 24.5. The van der Waals surface area contributed by atoms with E-state index in [-0.39, 0.29) is 34.0 Å². The van der Waals surface area contributed by atoms with E-state index in [1.807, 2.05) is 0 Å². The minimum absolute atomic E-state index is 0.0145. The average Bonchev–Trinajstić information content (AvgIpc) is 3.73. The second-order valence-corrected chi connectivity index (χ2v) is 14.1. The van der Waals surface area contributed by atoms with E-state index in [1.54, 1.807) is 0 Å². The van der Waals surface area contributed by atoms with Gasteiger partial charge in [-0.05, 0) is 0 Å². The van der Waals surface area contributed by atoms with Crippen molar-refractivity contribution in [1.82, 2.24) is 43.8 Å². The Morgan fingerprint density at radius 1 is 0.886 bits per heavy atom. The lowest BCUT2D eigenvalue weighted by molar-refractivity contribution is -0.0456. The van der Waals surface area contributed by atoms with Gasteiger partial charge in [-0.15, -0.1) is 0 Å². The van der Waals surface area contributed by atoms with E-state index < -0.39 is 79.5 Å². The van der Waals surface area contributed by atoms with Gasteiger partial charge in [-0.2, -0.15) is 13.1 Å². The maximum atomic E-state index is 15.9. The molecule has 7 rings (SSSR count). The summed E-state index contributed by atoms with van der Waals surface area (Å²) in [6.07, 6.45) is -9.00. The van der Waals surface area contributed by atoms with E-state index in [2.05, 4.69) is 46.9 Å². The third-order valence-electron chi connectivity index (χ3n) is 7.21. The predicted octanol–water partition coefficient (Wildman–Crippen LogP) is -0.0255. The van der Waals surface area contributed by atoms with Gasteiger partial charge in [0.1, 0.15) is 42.0 Å². The van der Waals surface area contributed by atoms with Crippen molar-refractivity contribution < 1.29 is 44.5 Å². The first-order valence-corrected chi connectivity index (χ1v) is 16.8. The second-order valence-electron chi connectivity index (χ2n) is 9.88. The SMILES string of the molecule is Nc1ncnc2c1ncn2[C@@H]1O[C@@H]2CNS(=O)(=O)O[C@@H]3[C@H](F)[C@@H](CO[P@@](=O)(S)O[C@H]2[C@H]1F)O[C@H]3n1cnc2c(N)ncnc21. The molecular weight excluding hydrogens is 655 g/mol. The van der Waals surface area contributed by atoms with Crippen LogP contribution >= 0.6 is 19.0 Å². The van der Waals surface area contributed by atoms with Gasteiger partial charge in [0, 0.05) is 6.54 Å². The molecule has 3 fully saturated rings. The number of ether oxygens (including phenoxy) is 2. The summed E-state index contributed by atoms with van der Waals surface area (Å²) >= 11 is 3.94. The highest BCUT2D eigenvalue weighted by Crippen LogP contribution is 2.57. The average molecular weight is 678 g/mol. The van der Waals surface area contributed by atoms with Gasteiger partial charge in [-0.3, -0.25) is 18.2 Å². The maximum absolute atomic E-state index is 15.9. The number of imidazole rings is 2. The number of halogens is 2. The molecule has 0 aliphatic carbocycles. The summed E-state index contributed by atoms with van der Waals surface area (Å²) in [6.45, 7) is -5.87. The molecule has 0 amide bonds. The quantitative estimate of drug-likeness (QED) is 0.161. The zero-order valence-electron chi connectivity index (χ0n) is 21.9. The number of hydrogen-bond acceptors (Lipinski definition) is 16. The molecule has 3 saturated heterocycles. The summed E-state index contributed by atoms with van der Waals surface area (Å²) in [5.74, 6) is 0.0424. The van der Waals surface area contributed by atoms with Gasteiger partial charge in [0.15, 0.2) is 53.8 Å². The van der Waals surface area contributed by atoms with E-state index in [0.717, 1.165) is 12.7 Å². The van der Waals surface area contributed by atoms with Crippen LogP contribution in [0.15, 0.2) is 25.3 Å². The van der Waals surface area contributed by atoms with Crippen molar-refractivity contribution in [1.29, 1.82) is 0 Å². The first-order valence-electron chi connectivity index (χ1n) is 12.7. The minimum atomic E-state index is -4.78. The number of nitrogens with two attached hydrogens (primary N) is 2. The Morgan fingerprint density at radius 2 is 1.48 bits per heavy atom. The molecule has 4 aromatic rings. The Hall–Kier alpha value is -3.15. The summed E-state index contributed by atoms with van der Waals surface area (Å²) in [4.78, 5) is 24.0. The fourth-order valence-corrected chi connectivity index (χ4v) is 7.61. The van der Waals surface area contributed by atoms with Crippen LogP contribution in [0.1, 0.15) is 12.5 Å². The molecule has 0 aromatic carbocycles. The van der Waals surface area contributed by atoms with Gasteiger partial charge < -0.3 is 20.9 Å². The monoisotopic (exact) mass is 677 g/mol. The maximum Gasteiger partial charge on any atom is 0.386 e. The van der Waals surface area contributed by atoms with Crippen LogP contribution in [-0.2, 0) is 37.6 Å². The van der Waals surface area contributed by atoms with Crippen LogP contribution < -0.4 is 16.2 Å². The van der Waals surface area contributed by atoms with E-state index in [0.29, 0.717) is 0 Å². The molecule has 236 valence electrons. The molecule has 7 heterocycles. The van der Waals surface area contributed by atoms with Gasteiger partial charge in [0.25, 0.3) is 0 Å². The summed E-state index contributed by atoms with van der Waals surface area (Å²) < 4.78 is 103. The standard InChI is InChI=1S/C20H22F2N11O8PS2/c21-9-8-2-37-42(34,43)40-13-7(38-19(10(13)22)32-5-29-11-15(23)25-3-27-17(11)32)1-31-44(35,36)41-14(9)20(39-8)33-6-30-12-16(24)26-4-28-18(12)33/h3-10,13-14,19-20,31H,1-2H2,(H,34,43)(H2,23,25,27)(H2,24,26,28)/t7-,8-,9-,10-,13-,14-,19-,20-,42-/m1/s1. The Kier molecular flexibility index (Phi) is 7.21. The smallest absolute Gasteiger partial charge is 0.382 e. The molecule has 44 heavy (non-hydrogen) atoms. The Morgan fingerprint density at radius 3 is 2.11 bits per heavy atom. The molecule has 24 heteroatoms. The minimum Gasteiger partial charge on any atom is -0.382 e. The topological polar surface area (TPSA) is 249 Å². The number of hydrogen-bond donors (Lipinski definition) is 4. The summed E-state index contributed by atoms with van der Waals surface area (Å²) in [5, 5.41) is 0. The van der Waals surface area contributed by atoms with Gasteiger partial charge in [0.05, 0.1) is 19.3 Å². The second kappa shape index (κ2) is 10.7. The molecule has 0 saturated carbocycles. The van der Waals surface area contributed by atoms with Gasteiger partial charge in [0.2, 0.25) is 0 Å². The predicted molar refractivity (Wildman–Crippen MR) is 146 cm³/mol. The molecule has 3 aliphatic heterocycles. The van der Waals surface area contributed by atoms with E-state index in [1.165, 1.54) is 21.8 Å². The summed E-state index contributed by atoms with van der Waals surface area (Å²) in [5.41, 5.74) is 12.2. The Bertz CT molecular complexity index is 1900. The number of thiol groups is 1. The number of nitrogen functional groups attached to an aromatic ring is 2. The lowest BCUT2D eigenvalue weighted by atomic mass is 10.1. The van der Waals surface area contributed by atoms with E-state index in [4.69, 9.17) is 34.2 Å². The molecule has 9 atom stereocenters. The molecule has 0 spiro atoms. The molecule has 4 aromatic heterocycles. The van der Waals surface area contributed by atoms with Crippen LogP contribution in [0.2, 0.25) is 0 Å². The third kappa shape index (κ3) is 5.06. The Balaban J connectivity index is 1.20. The van der Waals surface area contributed by atoms with Crippen molar-refractivity contribution in [2.45, 2.75) is 49.2 Å². The van der Waals surface area contributed by atoms with Crippen LogP contribution in [0.4, 0.5) is 20.4 Å². The highest BCUT2D eigenvalue weighted by Gasteiger charge is 2.53. The van der Waals surface area contributed by atoms with Crippen molar-refractivity contribution in [2.75, 3.05) is 24.6 Å². The molecule has 2 bridgehead atoms. The highest BCUT2D eigenvalue weighted by molar-refractivity contribution is 8.44. The number of aromatic nitrogens is 8. The normalized spacial score (nSPS) is 36.1. The van der Waals surface area contributed by atoms with Crippen LogP contribution in [0.3, 0.4) is 0 Å². The van der Waals surface area contributed by atoms with Crippen molar-refractivity contribution in [3.05, 3.63) is 25.3 Å². The third-order valence-corrected chi connectivity index (χ3v) is 9.82. The van der Waals surface area contributed by atoms with Crippen molar-refractivity contribution >= 4 is 63.3 Å².